The van der Waals surface area contributed by atoms with Crippen LogP contribution in [-0.4, -0.2) is 19.5 Å². The van der Waals surface area contributed by atoms with E-state index in [0.717, 1.165) is 11.1 Å². The number of aromatic nitrogens is 4. The molecule has 4 aromatic rings. The summed E-state index contributed by atoms with van der Waals surface area (Å²) in [6.45, 7) is 0.0946. The van der Waals surface area contributed by atoms with Gasteiger partial charge >= 0.3 is 0 Å². The van der Waals surface area contributed by atoms with Gasteiger partial charge in [-0.2, -0.15) is 0 Å². The first-order valence-electron chi connectivity index (χ1n) is 7.72. The van der Waals surface area contributed by atoms with Crippen molar-refractivity contribution in [2.24, 2.45) is 0 Å². The number of pyridine rings is 2. The molecule has 4 rings (SSSR count). The summed E-state index contributed by atoms with van der Waals surface area (Å²) in [5.74, 6) is -0.373. The maximum absolute atomic E-state index is 14.6. The van der Waals surface area contributed by atoms with Crippen LogP contribution in [0.4, 0.5) is 4.39 Å². The van der Waals surface area contributed by atoms with Gasteiger partial charge in [0.05, 0.1) is 12.7 Å². The minimum atomic E-state index is -0.373. The molecule has 0 fully saturated rings. The lowest BCUT2D eigenvalue weighted by Gasteiger charge is -2.10. The average molecular weight is 332 g/mol. The van der Waals surface area contributed by atoms with Crippen molar-refractivity contribution in [1.82, 2.24) is 19.5 Å². The molecule has 0 unspecified atom stereocenters. The molecule has 0 aliphatic heterocycles. The monoisotopic (exact) mass is 332 g/mol. The van der Waals surface area contributed by atoms with Gasteiger partial charge in [0, 0.05) is 24.2 Å². The molecule has 3 heterocycles. The van der Waals surface area contributed by atoms with Crippen LogP contribution in [0.5, 0.6) is 0 Å². The molecule has 25 heavy (non-hydrogen) atoms. The first kappa shape index (κ1) is 15.1. The molecule has 0 N–H and O–H groups in total. The highest BCUT2D eigenvalue weighted by Gasteiger charge is 2.10. The Hall–Kier alpha value is -3.41. The lowest BCUT2D eigenvalue weighted by molar-refractivity contribution is 0.599. The van der Waals surface area contributed by atoms with Crippen LogP contribution >= 0.6 is 0 Å². The van der Waals surface area contributed by atoms with E-state index < -0.39 is 0 Å². The van der Waals surface area contributed by atoms with Gasteiger partial charge in [-0.15, -0.1) is 0 Å². The van der Waals surface area contributed by atoms with Crippen molar-refractivity contribution in [3.05, 3.63) is 89.0 Å². The van der Waals surface area contributed by atoms with Crippen molar-refractivity contribution in [3.63, 3.8) is 0 Å². The van der Waals surface area contributed by atoms with Crippen LogP contribution in [0, 0.1) is 5.82 Å². The number of nitrogens with zero attached hydrogens (tertiary/aromatic N) is 4. The SMILES string of the molecule is O=c1cnc2cccnc2n1Cc1ccc(-c2ccncc2)cc1F. The Morgan fingerprint density at radius 1 is 0.960 bits per heavy atom. The van der Waals surface area contributed by atoms with Gasteiger partial charge in [0.1, 0.15) is 11.3 Å². The standard InChI is InChI=1S/C19H13FN4O/c20-16-10-14(13-5-8-21-9-6-13)3-4-15(16)12-24-18(25)11-23-17-2-1-7-22-19(17)24/h1-11H,12H2. The molecule has 0 spiro atoms. The van der Waals surface area contributed by atoms with E-state index in [0.29, 0.717) is 16.7 Å². The maximum Gasteiger partial charge on any atom is 0.270 e. The highest BCUT2D eigenvalue weighted by Crippen LogP contribution is 2.22. The second-order valence-electron chi connectivity index (χ2n) is 5.57. The fourth-order valence-corrected chi connectivity index (χ4v) is 2.72. The molecule has 6 heteroatoms. The van der Waals surface area contributed by atoms with E-state index in [1.165, 1.54) is 16.8 Å². The van der Waals surface area contributed by atoms with Crippen LogP contribution < -0.4 is 5.56 Å². The summed E-state index contributed by atoms with van der Waals surface area (Å²) in [7, 11) is 0. The quantitative estimate of drug-likeness (QED) is 0.578. The Morgan fingerprint density at radius 2 is 1.80 bits per heavy atom. The summed E-state index contributed by atoms with van der Waals surface area (Å²) < 4.78 is 16.0. The molecule has 0 bridgehead atoms. The van der Waals surface area contributed by atoms with Gasteiger partial charge in [-0.1, -0.05) is 12.1 Å². The van der Waals surface area contributed by atoms with Crippen LogP contribution in [0.15, 0.2) is 72.0 Å². The van der Waals surface area contributed by atoms with E-state index in [1.54, 1.807) is 36.8 Å². The predicted octanol–water partition coefficient (Wildman–Crippen LogP) is 3.04. The molecule has 0 saturated heterocycles. The van der Waals surface area contributed by atoms with E-state index in [2.05, 4.69) is 15.0 Å². The lowest BCUT2D eigenvalue weighted by Crippen LogP contribution is -2.22. The van der Waals surface area contributed by atoms with Crippen molar-refractivity contribution >= 4 is 11.2 Å². The van der Waals surface area contributed by atoms with E-state index in [4.69, 9.17) is 0 Å². The molecule has 5 nitrogen and oxygen atoms in total. The third-order valence-electron chi connectivity index (χ3n) is 4.00. The minimum absolute atomic E-state index is 0.0946. The van der Waals surface area contributed by atoms with Crippen LogP contribution in [-0.2, 0) is 6.54 Å². The van der Waals surface area contributed by atoms with Gasteiger partial charge in [0.15, 0.2) is 5.65 Å². The van der Waals surface area contributed by atoms with Crippen molar-refractivity contribution in [3.8, 4) is 11.1 Å². The maximum atomic E-state index is 14.6. The Labute approximate surface area is 142 Å². The second kappa shape index (κ2) is 6.24. The van der Waals surface area contributed by atoms with Crippen molar-refractivity contribution in [2.45, 2.75) is 6.54 Å². The molecule has 0 atom stereocenters. The number of halogens is 1. The molecule has 0 aliphatic rings. The fraction of sp³-hybridized carbons (Fsp3) is 0.0526. The van der Waals surface area contributed by atoms with Gasteiger partial charge in [0.25, 0.3) is 5.56 Å². The molecule has 0 aliphatic carbocycles. The topological polar surface area (TPSA) is 60.7 Å². The molecule has 0 amide bonds. The van der Waals surface area contributed by atoms with Crippen molar-refractivity contribution in [2.75, 3.05) is 0 Å². The van der Waals surface area contributed by atoms with Crippen molar-refractivity contribution < 1.29 is 4.39 Å². The van der Waals surface area contributed by atoms with Gasteiger partial charge in [0.2, 0.25) is 0 Å². The van der Waals surface area contributed by atoms with Crippen LogP contribution in [0.25, 0.3) is 22.3 Å². The largest absolute Gasteiger partial charge is 0.285 e. The number of hydrogen-bond donors (Lipinski definition) is 0. The molecule has 3 aromatic heterocycles. The summed E-state index contributed by atoms with van der Waals surface area (Å²) in [5, 5.41) is 0. The third kappa shape index (κ3) is 2.89. The van der Waals surface area contributed by atoms with Crippen molar-refractivity contribution in [1.29, 1.82) is 0 Å². The molecule has 1 aromatic carbocycles. The molecular weight excluding hydrogens is 319 g/mol. The van der Waals surface area contributed by atoms with E-state index in [9.17, 15) is 9.18 Å². The average Bonchev–Trinajstić information content (AvgIpc) is 2.66. The van der Waals surface area contributed by atoms with Gasteiger partial charge in [-0.25, -0.2) is 14.4 Å². The Balaban J connectivity index is 1.75. The summed E-state index contributed by atoms with van der Waals surface area (Å²) in [6.07, 6.45) is 6.14. The van der Waals surface area contributed by atoms with Gasteiger partial charge < -0.3 is 0 Å². The van der Waals surface area contributed by atoms with Gasteiger partial charge in [-0.3, -0.25) is 14.3 Å². The Kier molecular flexibility index (Phi) is 3.78. The molecule has 0 saturated carbocycles. The first-order chi connectivity index (χ1) is 12.2. The normalized spacial score (nSPS) is 10.9. The summed E-state index contributed by atoms with van der Waals surface area (Å²) in [6, 6.07) is 12.1. The second-order valence-corrected chi connectivity index (χ2v) is 5.57. The Morgan fingerprint density at radius 3 is 2.60 bits per heavy atom. The summed E-state index contributed by atoms with van der Waals surface area (Å²) >= 11 is 0. The first-order valence-corrected chi connectivity index (χ1v) is 7.72. The number of rotatable bonds is 3. The van der Waals surface area contributed by atoms with E-state index >= 15 is 0 Å². The zero-order chi connectivity index (χ0) is 17.2. The highest BCUT2D eigenvalue weighted by molar-refractivity contribution is 5.69. The molecule has 0 radical (unpaired) electrons. The van der Waals surface area contributed by atoms with Crippen LogP contribution in [0.1, 0.15) is 5.56 Å². The van der Waals surface area contributed by atoms with E-state index in [1.807, 2.05) is 18.2 Å². The molecular formula is C19H13FN4O. The minimum Gasteiger partial charge on any atom is -0.285 e. The van der Waals surface area contributed by atoms with E-state index in [-0.39, 0.29) is 17.9 Å². The zero-order valence-electron chi connectivity index (χ0n) is 13.1. The van der Waals surface area contributed by atoms with Crippen LogP contribution in [0.2, 0.25) is 0 Å². The number of hydrogen-bond acceptors (Lipinski definition) is 4. The third-order valence-corrected chi connectivity index (χ3v) is 4.00. The summed E-state index contributed by atoms with van der Waals surface area (Å²) in [4.78, 5) is 24.4. The summed E-state index contributed by atoms with van der Waals surface area (Å²) in [5.41, 5.74) is 2.77. The Bertz CT molecular complexity index is 1110. The van der Waals surface area contributed by atoms with Crippen LogP contribution in [0.3, 0.4) is 0 Å². The highest BCUT2D eigenvalue weighted by atomic mass is 19.1. The number of benzene rings is 1. The van der Waals surface area contributed by atoms with Gasteiger partial charge in [-0.05, 0) is 41.5 Å². The fourth-order valence-electron chi connectivity index (χ4n) is 2.72. The zero-order valence-corrected chi connectivity index (χ0v) is 13.1. The smallest absolute Gasteiger partial charge is 0.270 e. The predicted molar refractivity (Wildman–Crippen MR) is 92.5 cm³/mol. The molecule has 122 valence electrons. The number of fused-ring (bicyclic) bond motifs is 1. The lowest BCUT2D eigenvalue weighted by atomic mass is 10.0.